The van der Waals surface area contributed by atoms with E-state index >= 15 is 0 Å². The molecular formula is C23H23BNO2+. The number of benzene rings is 2. The van der Waals surface area contributed by atoms with Crippen LogP contribution in [0.3, 0.4) is 0 Å². The summed E-state index contributed by atoms with van der Waals surface area (Å²) in [5, 5.41) is 0. The molecule has 0 N–H and O–H groups in total. The number of ether oxygens (including phenoxy) is 2. The Kier molecular flexibility index (Phi) is 3.28. The van der Waals surface area contributed by atoms with Crippen molar-refractivity contribution >= 4 is 23.2 Å². The van der Waals surface area contributed by atoms with Gasteiger partial charge in [0.15, 0.2) is 17.5 Å². The summed E-state index contributed by atoms with van der Waals surface area (Å²) >= 11 is 0. The predicted octanol–water partition coefficient (Wildman–Crippen LogP) is 2.84. The first-order valence-corrected chi connectivity index (χ1v) is 9.47. The summed E-state index contributed by atoms with van der Waals surface area (Å²) in [6, 6.07) is 14.6. The molecule has 0 aliphatic carbocycles. The Morgan fingerprint density at radius 3 is 2.19 bits per heavy atom. The summed E-state index contributed by atoms with van der Waals surface area (Å²) in [5.41, 5.74) is 6.03. The molecule has 0 unspecified atom stereocenters. The first kappa shape index (κ1) is 16.4. The molecule has 0 radical (unpaired) electrons. The number of pyridine rings is 1. The Morgan fingerprint density at radius 1 is 0.852 bits per heavy atom. The Balaban J connectivity index is 1.90. The number of nitrogens with zero attached hydrogens (tertiary/aromatic N) is 1. The average Bonchev–Trinajstić information content (AvgIpc) is 2.60. The molecule has 0 atom stereocenters. The van der Waals surface area contributed by atoms with Crippen LogP contribution in [0.2, 0.25) is 0 Å². The van der Waals surface area contributed by atoms with Crippen LogP contribution in [-0.2, 0) is 12.5 Å². The largest absolute Gasteiger partial charge is 0.458 e. The highest BCUT2D eigenvalue weighted by Crippen LogP contribution is 2.38. The Labute approximate surface area is 160 Å². The van der Waals surface area contributed by atoms with Gasteiger partial charge in [-0.2, -0.15) is 0 Å². The number of hydrogen-bond acceptors (Lipinski definition) is 2. The van der Waals surface area contributed by atoms with Crippen LogP contribution in [-0.4, -0.2) is 6.71 Å². The molecule has 3 nitrogen and oxygen atoms in total. The third-order valence-electron chi connectivity index (χ3n) is 5.72. The van der Waals surface area contributed by atoms with Crippen molar-refractivity contribution in [1.29, 1.82) is 0 Å². The van der Waals surface area contributed by atoms with Crippen molar-refractivity contribution in [3.05, 3.63) is 59.8 Å². The maximum Gasteiger partial charge on any atom is 0.342 e. The minimum absolute atomic E-state index is 0.00676. The molecule has 0 fully saturated rings. The van der Waals surface area contributed by atoms with Crippen LogP contribution < -0.4 is 30.6 Å². The molecule has 0 saturated heterocycles. The fourth-order valence-corrected chi connectivity index (χ4v) is 4.42. The van der Waals surface area contributed by atoms with Crippen LogP contribution in [0.25, 0.3) is 0 Å². The van der Waals surface area contributed by atoms with Crippen molar-refractivity contribution < 1.29 is 14.0 Å². The maximum absolute atomic E-state index is 6.52. The first-order valence-electron chi connectivity index (χ1n) is 9.47. The van der Waals surface area contributed by atoms with Gasteiger partial charge < -0.3 is 9.47 Å². The van der Waals surface area contributed by atoms with E-state index in [0.717, 1.165) is 28.5 Å². The molecule has 2 aromatic carbocycles. The summed E-state index contributed by atoms with van der Waals surface area (Å²) in [7, 11) is 2.11. The second-order valence-electron chi connectivity index (χ2n) is 8.60. The lowest BCUT2D eigenvalue weighted by Crippen LogP contribution is -2.68. The lowest BCUT2D eigenvalue weighted by molar-refractivity contribution is -0.654. The normalized spacial score (nSPS) is 13.9. The minimum Gasteiger partial charge on any atom is -0.458 e. The highest BCUT2D eigenvalue weighted by Gasteiger charge is 2.47. The van der Waals surface area contributed by atoms with Gasteiger partial charge in [-0.3, -0.25) is 0 Å². The maximum atomic E-state index is 6.52. The van der Waals surface area contributed by atoms with Gasteiger partial charge in [0, 0.05) is 17.1 Å². The van der Waals surface area contributed by atoms with Crippen molar-refractivity contribution in [2.45, 2.75) is 33.1 Å². The number of rotatable bonds is 0. The van der Waals surface area contributed by atoms with Crippen LogP contribution in [0.5, 0.6) is 23.0 Å². The van der Waals surface area contributed by atoms with E-state index in [4.69, 9.17) is 9.47 Å². The van der Waals surface area contributed by atoms with Gasteiger partial charge in [0.25, 0.3) is 0 Å². The van der Waals surface area contributed by atoms with Crippen LogP contribution >= 0.6 is 0 Å². The second kappa shape index (κ2) is 5.38. The molecular weight excluding hydrogens is 333 g/mol. The summed E-state index contributed by atoms with van der Waals surface area (Å²) in [4.78, 5) is 0. The summed E-state index contributed by atoms with van der Waals surface area (Å²) in [6.45, 7) is 8.99. The molecule has 4 heteroatoms. The fourth-order valence-electron chi connectivity index (χ4n) is 4.42. The van der Waals surface area contributed by atoms with E-state index in [1.807, 2.05) is 12.1 Å². The van der Waals surface area contributed by atoms with Crippen LogP contribution in [0, 0.1) is 6.92 Å². The zero-order valence-corrected chi connectivity index (χ0v) is 16.5. The second-order valence-corrected chi connectivity index (χ2v) is 8.60. The van der Waals surface area contributed by atoms with Gasteiger partial charge in [-0.25, -0.2) is 4.57 Å². The topological polar surface area (TPSA) is 22.3 Å². The molecule has 5 rings (SSSR count). The van der Waals surface area contributed by atoms with E-state index in [1.165, 1.54) is 22.2 Å². The third kappa shape index (κ3) is 2.26. The molecule has 3 heterocycles. The van der Waals surface area contributed by atoms with Crippen molar-refractivity contribution in [3.8, 4) is 23.0 Å². The van der Waals surface area contributed by atoms with Crippen molar-refractivity contribution in [1.82, 2.24) is 0 Å². The summed E-state index contributed by atoms with van der Waals surface area (Å²) < 4.78 is 15.0. The van der Waals surface area contributed by atoms with Crippen LogP contribution in [0.1, 0.15) is 31.9 Å². The number of aromatic nitrogens is 1. The summed E-state index contributed by atoms with van der Waals surface area (Å²) in [5.74, 6) is 3.72. The molecule has 3 aromatic rings. The molecule has 0 spiro atoms. The van der Waals surface area contributed by atoms with Gasteiger partial charge in [0.2, 0.25) is 0 Å². The molecule has 0 saturated carbocycles. The smallest absolute Gasteiger partial charge is 0.342 e. The Morgan fingerprint density at radius 2 is 1.48 bits per heavy atom. The SMILES string of the molecule is Cc1cccc2c1B1c3c(cccc3Oc3c(C(C)(C)C)cc[n+](C)c31)O2. The first-order chi connectivity index (χ1) is 12.9. The molecule has 0 amide bonds. The van der Waals surface area contributed by atoms with Gasteiger partial charge in [0.05, 0.1) is 0 Å². The Bertz CT molecular complexity index is 1080. The van der Waals surface area contributed by atoms with Gasteiger partial charge in [-0.05, 0) is 36.0 Å². The number of hydrogen-bond donors (Lipinski definition) is 0. The van der Waals surface area contributed by atoms with E-state index < -0.39 is 0 Å². The van der Waals surface area contributed by atoms with Crippen LogP contribution in [0.4, 0.5) is 0 Å². The van der Waals surface area contributed by atoms with Crippen molar-refractivity contribution in [2.75, 3.05) is 0 Å². The lowest BCUT2D eigenvalue weighted by Gasteiger charge is -2.33. The monoisotopic (exact) mass is 356 g/mol. The van der Waals surface area contributed by atoms with Crippen molar-refractivity contribution in [3.63, 3.8) is 0 Å². The van der Waals surface area contributed by atoms with Gasteiger partial charge in [-0.1, -0.05) is 44.5 Å². The molecule has 1 aromatic heterocycles. The molecule has 2 aliphatic rings. The van der Waals surface area contributed by atoms with E-state index in [2.05, 4.69) is 75.8 Å². The highest BCUT2D eigenvalue weighted by molar-refractivity contribution is 6.97. The molecule has 2 aliphatic heterocycles. The predicted molar refractivity (Wildman–Crippen MR) is 109 cm³/mol. The van der Waals surface area contributed by atoms with E-state index in [9.17, 15) is 0 Å². The minimum atomic E-state index is -0.00676. The molecule has 0 bridgehead atoms. The average molecular weight is 356 g/mol. The third-order valence-corrected chi connectivity index (χ3v) is 5.72. The quantitative estimate of drug-likeness (QED) is 0.315. The van der Waals surface area contributed by atoms with E-state index in [1.54, 1.807) is 0 Å². The standard InChI is InChI=1S/C23H23BNO2/c1-14-8-6-9-16-19(14)24-20-17(26-16)10-7-11-18(20)27-21-15(23(2,3)4)12-13-25(5)22(21)24/h6-13H,1-5H3/q+1. The van der Waals surface area contributed by atoms with E-state index in [-0.39, 0.29) is 12.1 Å². The lowest BCUT2D eigenvalue weighted by atomic mass is 9.35. The van der Waals surface area contributed by atoms with Crippen molar-refractivity contribution in [2.24, 2.45) is 7.05 Å². The zero-order valence-electron chi connectivity index (χ0n) is 16.5. The number of fused-ring (bicyclic) bond motifs is 4. The Hall–Kier alpha value is -2.75. The fraction of sp³-hybridized carbons (Fsp3) is 0.261. The van der Waals surface area contributed by atoms with Crippen LogP contribution in [0.15, 0.2) is 48.7 Å². The van der Waals surface area contributed by atoms with Gasteiger partial charge in [-0.15, -0.1) is 0 Å². The molecule has 27 heavy (non-hydrogen) atoms. The van der Waals surface area contributed by atoms with E-state index in [0.29, 0.717) is 0 Å². The summed E-state index contributed by atoms with van der Waals surface area (Å²) in [6.07, 6.45) is 2.16. The molecule has 134 valence electrons. The highest BCUT2D eigenvalue weighted by atomic mass is 16.5. The number of aryl methyl sites for hydroxylation is 2. The zero-order chi connectivity index (χ0) is 18.9. The van der Waals surface area contributed by atoms with Gasteiger partial charge >= 0.3 is 6.71 Å². The van der Waals surface area contributed by atoms with Gasteiger partial charge in [0.1, 0.15) is 24.3 Å².